The van der Waals surface area contributed by atoms with Gasteiger partial charge in [-0.2, -0.15) is 5.26 Å². The van der Waals surface area contributed by atoms with Gasteiger partial charge >= 0.3 is 0 Å². The van der Waals surface area contributed by atoms with E-state index in [0.29, 0.717) is 18.0 Å². The average Bonchev–Trinajstić information content (AvgIpc) is 3.56. The second kappa shape index (κ2) is 8.43. The van der Waals surface area contributed by atoms with Crippen molar-refractivity contribution < 1.29 is 9.53 Å². The van der Waals surface area contributed by atoms with Gasteiger partial charge in [0.1, 0.15) is 11.3 Å². The number of ether oxygens (including phenoxy) is 1. The minimum absolute atomic E-state index is 0.0696. The number of carbonyl (C=O) groups is 1. The van der Waals surface area contributed by atoms with Crippen molar-refractivity contribution in [2.45, 2.75) is 56.7 Å². The Morgan fingerprint density at radius 1 is 1.26 bits per heavy atom. The van der Waals surface area contributed by atoms with Crippen LogP contribution in [0.25, 0.3) is 21.9 Å². The fourth-order valence-electron chi connectivity index (χ4n) is 5.29. The van der Waals surface area contributed by atoms with Crippen LogP contribution in [0, 0.1) is 11.3 Å². The van der Waals surface area contributed by atoms with Gasteiger partial charge in [-0.25, -0.2) is 4.98 Å². The molecule has 1 aromatic carbocycles. The Labute approximate surface area is 203 Å². The second-order valence-electron chi connectivity index (χ2n) is 9.62. The Balaban J connectivity index is 1.42. The van der Waals surface area contributed by atoms with Crippen LogP contribution >= 0.6 is 0 Å². The number of pyridine rings is 2. The second-order valence-corrected chi connectivity index (χ2v) is 9.62. The number of nitrogens with zero attached hydrogens (tertiary/aromatic N) is 5. The van der Waals surface area contributed by atoms with E-state index in [-0.39, 0.29) is 30.0 Å². The van der Waals surface area contributed by atoms with E-state index in [1.807, 2.05) is 30.3 Å². The van der Waals surface area contributed by atoms with Gasteiger partial charge in [0.05, 0.1) is 52.6 Å². The molecule has 176 valence electrons. The highest BCUT2D eigenvalue weighted by Crippen LogP contribution is 2.44. The van der Waals surface area contributed by atoms with Crippen LogP contribution in [0.15, 0.2) is 48.8 Å². The van der Waals surface area contributed by atoms with Crippen LogP contribution < -0.4 is 5.32 Å². The number of benzene rings is 1. The van der Waals surface area contributed by atoms with Gasteiger partial charge in [-0.3, -0.25) is 14.8 Å². The molecule has 0 spiro atoms. The highest BCUT2D eigenvalue weighted by atomic mass is 16.5. The van der Waals surface area contributed by atoms with E-state index in [1.165, 1.54) is 0 Å². The van der Waals surface area contributed by atoms with Crippen LogP contribution in [-0.4, -0.2) is 38.1 Å². The van der Waals surface area contributed by atoms with Gasteiger partial charge in [0, 0.05) is 24.2 Å². The molecule has 4 heterocycles. The fraction of sp³-hybridized carbons (Fsp3) is 0.370. The van der Waals surface area contributed by atoms with E-state index < -0.39 is 0 Å². The Morgan fingerprint density at radius 2 is 2.14 bits per heavy atom. The van der Waals surface area contributed by atoms with Crippen LogP contribution in [0.5, 0.6) is 0 Å². The summed E-state index contributed by atoms with van der Waals surface area (Å²) in [4.78, 5) is 27.2. The first-order valence-corrected chi connectivity index (χ1v) is 12.1. The number of carbonyl (C=O) groups excluding carboxylic acids is 1. The first-order valence-electron chi connectivity index (χ1n) is 12.1. The number of nitrogens with one attached hydrogen (secondary N) is 1. The summed E-state index contributed by atoms with van der Waals surface area (Å²) in [6, 6.07) is 13.7. The predicted octanol–water partition coefficient (Wildman–Crippen LogP) is 3.94. The lowest BCUT2D eigenvalue weighted by Gasteiger charge is -2.30. The smallest absolute Gasteiger partial charge is 0.228 e. The van der Waals surface area contributed by atoms with E-state index in [4.69, 9.17) is 9.72 Å². The number of nitriles is 1. The van der Waals surface area contributed by atoms with Crippen molar-refractivity contribution in [1.29, 1.82) is 5.26 Å². The first kappa shape index (κ1) is 21.7. The van der Waals surface area contributed by atoms with Gasteiger partial charge in [0.2, 0.25) is 5.91 Å². The van der Waals surface area contributed by atoms with Crippen molar-refractivity contribution in [3.05, 3.63) is 65.9 Å². The third-order valence-electron chi connectivity index (χ3n) is 7.14. The zero-order valence-corrected chi connectivity index (χ0v) is 19.6. The number of amides is 1. The number of hydrogen-bond donors (Lipinski definition) is 1. The molecule has 2 atom stereocenters. The van der Waals surface area contributed by atoms with E-state index in [1.54, 1.807) is 18.5 Å². The predicted molar refractivity (Wildman–Crippen MR) is 130 cm³/mol. The molecular formula is C27H26N6O2. The maximum Gasteiger partial charge on any atom is 0.228 e. The molecule has 1 aliphatic heterocycles. The minimum atomic E-state index is -0.377. The summed E-state index contributed by atoms with van der Waals surface area (Å²) >= 11 is 0. The molecule has 1 saturated heterocycles. The molecule has 4 aromatic rings. The largest absolute Gasteiger partial charge is 0.378 e. The summed E-state index contributed by atoms with van der Waals surface area (Å²) in [6.45, 7) is 2.74. The zero-order valence-electron chi connectivity index (χ0n) is 19.6. The molecule has 6 rings (SSSR count). The molecule has 1 aliphatic carbocycles. The summed E-state index contributed by atoms with van der Waals surface area (Å²) in [7, 11) is 0. The van der Waals surface area contributed by atoms with Crippen LogP contribution in [-0.2, 0) is 21.5 Å². The Morgan fingerprint density at radius 3 is 2.89 bits per heavy atom. The van der Waals surface area contributed by atoms with Gasteiger partial charge in [-0.1, -0.05) is 6.07 Å². The number of rotatable bonds is 5. The number of imidazole rings is 1. The molecule has 0 bridgehead atoms. The van der Waals surface area contributed by atoms with E-state index in [2.05, 4.69) is 32.8 Å². The summed E-state index contributed by atoms with van der Waals surface area (Å²) in [5, 5.41) is 13.6. The summed E-state index contributed by atoms with van der Waals surface area (Å²) in [6.07, 6.45) is 7.25. The summed E-state index contributed by atoms with van der Waals surface area (Å²) < 4.78 is 8.02. The van der Waals surface area contributed by atoms with Gasteiger partial charge in [0.25, 0.3) is 0 Å². The van der Waals surface area contributed by atoms with Gasteiger partial charge in [0.15, 0.2) is 0 Å². The maximum absolute atomic E-state index is 13.3. The van der Waals surface area contributed by atoms with Crippen molar-refractivity contribution in [3.63, 3.8) is 0 Å². The van der Waals surface area contributed by atoms with Crippen LogP contribution in [0.4, 0.5) is 0 Å². The molecule has 1 N–H and O–H groups in total. The standard InChI is InChI=1S/C27H26N6O2/c1-17-12-19(7-11-35-17)33-24(14-25(34)32-27(8-9-27)23-4-2-3-10-29-23)31-22-16-30-21-6-5-18(15-28)13-20(21)26(22)33/h2-6,10,13,16-17,19H,7-9,11-12,14H2,1H3,(H,32,34)/t17-,19-/m1/s1. The van der Waals surface area contributed by atoms with Crippen molar-refractivity contribution in [2.24, 2.45) is 0 Å². The number of hydrogen-bond acceptors (Lipinski definition) is 6. The third kappa shape index (κ3) is 3.92. The highest BCUT2D eigenvalue weighted by molar-refractivity contribution is 6.03. The molecule has 3 aromatic heterocycles. The van der Waals surface area contributed by atoms with Gasteiger partial charge in [-0.15, -0.1) is 0 Å². The molecule has 2 fully saturated rings. The topological polar surface area (TPSA) is 106 Å². The summed E-state index contributed by atoms with van der Waals surface area (Å²) in [5.41, 5.74) is 3.57. The molecular weight excluding hydrogens is 440 g/mol. The van der Waals surface area contributed by atoms with E-state index >= 15 is 0 Å². The third-order valence-corrected chi connectivity index (χ3v) is 7.14. The summed E-state index contributed by atoms with van der Waals surface area (Å²) in [5.74, 6) is 0.643. The van der Waals surface area contributed by atoms with Crippen molar-refractivity contribution in [3.8, 4) is 6.07 Å². The van der Waals surface area contributed by atoms with Crippen LogP contribution in [0.3, 0.4) is 0 Å². The fourth-order valence-corrected chi connectivity index (χ4v) is 5.29. The lowest BCUT2D eigenvalue weighted by molar-refractivity contribution is -0.121. The number of aromatic nitrogens is 4. The van der Waals surface area contributed by atoms with Crippen LogP contribution in [0.1, 0.15) is 55.7 Å². The molecule has 0 radical (unpaired) electrons. The molecule has 35 heavy (non-hydrogen) atoms. The Bertz CT molecular complexity index is 1470. The van der Waals surface area contributed by atoms with Gasteiger partial charge in [-0.05, 0) is 62.9 Å². The SMILES string of the molecule is C[C@@H]1C[C@H](n2c(CC(=O)NC3(c4ccccn4)CC3)nc3cnc4ccc(C#N)cc4c32)CCO1. The average molecular weight is 467 g/mol. The highest BCUT2D eigenvalue weighted by Gasteiger charge is 2.47. The van der Waals surface area contributed by atoms with Crippen LogP contribution in [0.2, 0.25) is 0 Å². The molecule has 8 heteroatoms. The Kier molecular flexibility index (Phi) is 5.23. The van der Waals surface area contributed by atoms with Crippen molar-refractivity contribution in [1.82, 2.24) is 24.8 Å². The molecule has 0 unspecified atom stereocenters. The molecule has 1 amide bonds. The lowest BCUT2D eigenvalue weighted by Crippen LogP contribution is -2.37. The zero-order chi connectivity index (χ0) is 24.0. The minimum Gasteiger partial charge on any atom is -0.378 e. The molecule has 8 nitrogen and oxygen atoms in total. The number of fused-ring (bicyclic) bond motifs is 3. The Hall–Kier alpha value is -3.83. The molecule has 2 aliphatic rings. The van der Waals surface area contributed by atoms with E-state index in [0.717, 1.165) is 53.3 Å². The molecule has 1 saturated carbocycles. The van der Waals surface area contributed by atoms with Crippen molar-refractivity contribution >= 4 is 27.8 Å². The van der Waals surface area contributed by atoms with Crippen molar-refractivity contribution in [2.75, 3.05) is 6.61 Å². The monoisotopic (exact) mass is 466 g/mol. The normalized spacial score (nSPS) is 21.0. The maximum atomic E-state index is 13.3. The quantitative estimate of drug-likeness (QED) is 0.478. The lowest BCUT2D eigenvalue weighted by atomic mass is 10.0. The van der Waals surface area contributed by atoms with Gasteiger partial charge < -0.3 is 14.6 Å². The van der Waals surface area contributed by atoms with E-state index in [9.17, 15) is 10.1 Å². The first-order chi connectivity index (χ1) is 17.1.